The van der Waals surface area contributed by atoms with Crippen molar-refractivity contribution in [3.63, 3.8) is 0 Å². The molecule has 2 aliphatic heterocycles. The van der Waals surface area contributed by atoms with Gasteiger partial charge in [0.1, 0.15) is 12.4 Å². The van der Waals surface area contributed by atoms with Crippen LogP contribution in [0.3, 0.4) is 0 Å². The fourth-order valence-corrected chi connectivity index (χ4v) is 5.85. The van der Waals surface area contributed by atoms with Gasteiger partial charge < -0.3 is 9.84 Å². The highest BCUT2D eigenvalue weighted by atomic mass is 32.1. The molecule has 0 spiro atoms. The minimum Gasteiger partial charge on any atom is -0.457 e. The number of aromatic nitrogens is 1. The lowest BCUT2D eigenvalue weighted by atomic mass is 9.95. The standard InChI is InChI=1S/C22H24N2O4S/c1-11-5-13(29-23-11)6-19(25)21-16-7-24(8-17(16)21)9-20(26)14-3-4-15-18(12(14)2)10-28-22(15)27/h3-5,16-17,20-21,26H,6-10H2,1-2H3/t16?,17?,20-,21?/m0/s1. The third kappa shape index (κ3) is 3.31. The predicted octanol–water partition coefficient (Wildman–Crippen LogP) is 2.45. The molecule has 2 aromatic rings. The number of hydrogen-bond donors (Lipinski definition) is 1. The van der Waals surface area contributed by atoms with Crippen molar-refractivity contribution < 1.29 is 19.4 Å². The summed E-state index contributed by atoms with van der Waals surface area (Å²) in [7, 11) is 0. The molecule has 0 amide bonds. The monoisotopic (exact) mass is 412 g/mol. The van der Waals surface area contributed by atoms with Gasteiger partial charge in [0.2, 0.25) is 0 Å². The summed E-state index contributed by atoms with van der Waals surface area (Å²) >= 11 is 1.42. The second kappa shape index (κ2) is 7.00. The third-order valence-corrected chi connectivity index (χ3v) is 7.54. The highest BCUT2D eigenvalue weighted by Crippen LogP contribution is 2.52. The summed E-state index contributed by atoms with van der Waals surface area (Å²) in [6.45, 7) is 6.47. The molecule has 0 radical (unpaired) electrons. The number of aliphatic hydroxyl groups is 1. The molecule has 7 heteroatoms. The molecule has 2 fully saturated rings. The molecule has 152 valence electrons. The number of nitrogens with zero attached hydrogens (tertiary/aromatic N) is 2. The Morgan fingerprint density at radius 3 is 2.79 bits per heavy atom. The third-order valence-electron chi connectivity index (χ3n) is 6.66. The fourth-order valence-electron chi connectivity index (χ4n) is 5.10. The average Bonchev–Trinajstić information content (AvgIpc) is 3.01. The number of Topliss-reactive ketones (excluding diaryl/α,β-unsaturated/α-hetero) is 1. The SMILES string of the molecule is Cc1cc(CC(=O)C2C3CN(C[C@H](O)c4ccc5c(c4C)COC5=O)CC32)sn1. The lowest BCUT2D eigenvalue weighted by molar-refractivity contribution is -0.120. The number of esters is 1. The first kappa shape index (κ1) is 18.9. The number of ether oxygens (including phenoxy) is 1. The first-order chi connectivity index (χ1) is 13.9. The van der Waals surface area contributed by atoms with Crippen LogP contribution in [0.15, 0.2) is 18.2 Å². The second-order valence-electron chi connectivity index (χ2n) is 8.55. The Morgan fingerprint density at radius 2 is 2.10 bits per heavy atom. The van der Waals surface area contributed by atoms with E-state index in [1.165, 1.54) is 11.5 Å². The molecular weight excluding hydrogens is 388 g/mol. The number of benzene rings is 1. The van der Waals surface area contributed by atoms with Gasteiger partial charge in [0.25, 0.3) is 0 Å². The number of rotatable bonds is 6. The molecule has 29 heavy (non-hydrogen) atoms. The molecule has 1 aromatic heterocycles. The molecule has 1 N–H and O–H groups in total. The largest absolute Gasteiger partial charge is 0.457 e. The zero-order chi connectivity index (χ0) is 20.3. The summed E-state index contributed by atoms with van der Waals surface area (Å²) in [5, 5.41) is 10.8. The van der Waals surface area contributed by atoms with E-state index in [2.05, 4.69) is 9.27 Å². The summed E-state index contributed by atoms with van der Waals surface area (Å²) in [6, 6.07) is 5.60. The summed E-state index contributed by atoms with van der Waals surface area (Å²) in [5.74, 6) is 1.08. The Bertz CT molecular complexity index is 989. The minimum absolute atomic E-state index is 0.177. The van der Waals surface area contributed by atoms with Crippen LogP contribution >= 0.6 is 11.5 Å². The smallest absolute Gasteiger partial charge is 0.338 e. The van der Waals surface area contributed by atoms with Crippen LogP contribution < -0.4 is 0 Å². The van der Waals surface area contributed by atoms with Crippen LogP contribution in [0.1, 0.15) is 43.7 Å². The Balaban J connectivity index is 1.17. The van der Waals surface area contributed by atoms with Crippen molar-refractivity contribution in [3.05, 3.63) is 51.0 Å². The van der Waals surface area contributed by atoms with Crippen LogP contribution in [-0.4, -0.2) is 45.8 Å². The normalized spacial score (nSPS) is 26.2. The van der Waals surface area contributed by atoms with Gasteiger partial charge in [0, 0.05) is 42.4 Å². The first-order valence-corrected chi connectivity index (χ1v) is 10.8. The molecule has 1 aliphatic carbocycles. The van der Waals surface area contributed by atoms with Gasteiger partial charge in [-0.3, -0.25) is 9.69 Å². The molecule has 1 saturated heterocycles. The summed E-state index contributed by atoms with van der Waals surface area (Å²) in [6.07, 6.45) is -0.108. The van der Waals surface area contributed by atoms with E-state index >= 15 is 0 Å². The number of cyclic esters (lactones) is 1. The van der Waals surface area contributed by atoms with Crippen molar-refractivity contribution in [2.75, 3.05) is 19.6 Å². The van der Waals surface area contributed by atoms with Gasteiger partial charge in [-0.1, -0.05) is 6.07 Å². The number of hydrogen-bond acceptors (Lipinski definition) is 7. The first-order valence-electron chi connectivity index (χ1n) is 10.1. The summed E-state index contributed by atoms with van der Waals surface area (Å²) in [5.41, 5.74) is 4.28. The molecule has 0 bridgehead atoms. The van der Waals surface area contributed by atoms with Crippen molar-refractivity contribution in [1.82, 2.24) is 9.27 Å². The Kier molecular flexibility index (Phi) is 4.57. The minimum atomic E-state index is -0.608. The number of carbonyl (C=O) groups excluding carboxylic acids is 2. The molecule has 5 rings (SSSR count). The van der Waals surface area contributed by atoms with E-state index in [1.54, 1.807) is 6.07 Å². The van der Waals surface area contributed by atoms with Gasteiger partial charge in [0.15, 0.2) is 0 Å². The molecule has 2 unspecified atom stereocenters. The van der Waals surface area contributed by atoms with E-state index in [4.69, 9.17) is 4.74 Å². The number of ketones is 1. The lowest BCUT2D eigenvalue weighted by Crippen LogP contribution is -2.31. The van der Waals surface area contributed by atoms with Crippen LogP contribution in [0.4, 0.5) is 0 Å². The molecule has 1 aromatic carbocycles. The molecule has 3 aliphatic rings. The number of aliphatic hydroxyl groups excluding tert-OH is 1. The molecular formula is C22H24N2O4S. The Labute approximate surface area is 173 Å². The van der Waals surface area contributed by atoms with Gasteiger partial charge >= 0.3 is 5.97 Å². The number of aryl methyl sites for hydroxylation is 1. The van der Waals surface area contributed by atoms with Gasteiger partial charge in [-0.05, 0) is 60.5 Å². The van der Waals surface area contributed by atoms with Crippen LogP contribution in [0.2, 0.25) is 0 Å². The van der Waals surface area contributed by atoms with Crippen molar-refractivity contribution in [1.29, 1.82) is 0 Å². The van der Waals surface area contributed by atoms with Crippen molar-refractivity contribution in [3.8, 4) is 0 Å². The van der Waals surface area contributed by atoms with E-state index in [0.717, 1.165) is 40.4 Å². The van der Waals surface area contributed by atoms with Crippen molar-refractivity contribution in [2.45, 2.75) is 33.0 Å². The highest BCUT2D eigenvalue weighted by Gasteiger charge is 2.58. The molecule has 1 saturated carbocycles. The zero-order valence-electron chi connectivity index (χ0n) is 16.6. The van der Waals surface area contributed by atoms with Crippen molar-refractivity contribution >= 4 is 23.3 Å². The molecule has 6 nitrogen and oxygen atoms in total. The second-order valence-corrected chi connectivity index (χ2v) is 9.44. The van der Waals surface area contributed by atoms with Gasteiger partial charge in [-0.25, -0.2) is 4.79 Å². The van der Waals surface area contributed by atoms with E-state index in [9.17, 15) is 14.7 Å². The van der Waals surface area contributed by atoms with E-state index in [0.29, 0.717) is 36.1 Å². The van der Waals surface area contributed by atoms with Crippen LogP contribution in [-0.2, 0) is 22.6 Å². The van der Waals surface area contributed by atoms with Gasteiger partial charge in [0.05, 0.1) is 17.4 Å². The van der Waals surface area contributed by atoms with Crippen molar-refractivity contribution in [2.24, 2.45) is 17.8 Å². The van der Waals surface area contributed by atoms with Crippen LogP contribution in [0.5, 0.6) is 0 Å². The molecule has 3 atom stereocenters. The lowest BCUT2D eigenvalue weighted by Gasteiger charge is -2.24. The van der Waals surface area contributed by atoms with Gasteiger partial charge in [-0.15, -0.1) is 0 Å². The highest BCUT2D eigenvalue weighted by molar-refractivity contribution is 7.05. The number of fused-ring (bicyclic) bond motifs is 2. The van der Waals surface area contributed by atoms with Crippen LogP contribution in [0, 0.1) is 31.6 Å². The maximum absolute atomic E-state index is 12.6. The number of likely N-dealkylation sites (tertiary alicyclic amines) is 1. The zero-order valence-corrected chi connectivity index (χ0v) is 17.4. The molecule has 3 heterocycles. The van der Waals surface area contributed by atoms with Gasteiger partial charge in [-0.2, -0.15) is 4.37 Å². The van der Waals surface area contributed by atoms with E-state index in [1.807, 2.05) is 26.0 Å². The number of β-amino-alcohol motifs (C(OH)–C–C–N with tert-alkyl or cyclic N) is 1. The quantitative estimate of drug-likeness (QED) is 0.735. The van der Waals surface area contributed by atoms with Crippen LogP contribution in [0.25, 0.3) is 0 Å². The summed E-state index contributed by atoms with van der Waals surface area (Å²) in [4.78, 5) is 27.6. The average molecular weight is 413 g/mol. The Hall–Kier alpha value is -2.09. The maximum Gasteiger partial charge on any atom is 0.338 e. The number of piperidine rings is 1. The number of carbonyl (C=O) groups is 2. The maximum atomic E-state index is 12.6. The Morgan fingerprint density at radius 1 is 1.34 bits per heavy atom. The topological polar surface area (TPSA) is 79.7 Å². The summed E-state index contributed by atoms with van der Waals surface area (Å²) < 4.78 is 9.36. The fraction of sp³-hybridized carbons (Fsp3) is 0.500. The van der Waals surface area contributed by atoms with E-state index in [-0.39, 0.29) is 18.5 Å². The van der Waals surface area contributed by atoms with E-state index < -0.39 is 6.10 Å². The predicted molar refractivity (Wildman–Crippen MR) is 108 cm³/mol.